The molecule has 43 heavy (non-hydrogen) atoms. The molecular weight excluding hydrogens is 542 g/mol. The SMILES string of the molecule is Cc1ccc(N(C)C(=O)/C=C/CN(C)C2CC2)cc1-n1c(=O)n(-c2ccc(Oc3ccccc3)cc2)c2c(N)ncnc21. The number of anilines is 2. The van der Waals surface area contributed by atoms with E-state index in [2.05, 4.69) is 21.9 Å². The Balaban J connectivity index is 1.36. The van der Waals surface area contributed by atoms with Crippen LogP contribution >= 0.6 is 0 Å². The zero-order valence-corrected chi connectivity index (χ0v) is 24.3. The first-order chi connectivity index (χ1) is 20.8. The maximum Gasteiger partial charge on any atom is 0.339 e. The van der Waals surface area contributed by atoms with E-state index >= 15 is 0 Å². The third kappa shape index (κ3) is 5.64. The Labute approximate surface area is 249 Å². The van der Waals surface area contributed by atoms with Gasteiger partial charge in [0.2, 0.25) is 5.91 Å². The first-order valence-electron chi connectivity index (χ1n) is 14.1. The lowest BCUT2D eigenvalue weighted by Crippen LogP contribution is -2.26. The molecule has 1 aliphatic rings. The molecule has 5 aromatic rings. The minimum absolute atomic E-state index is 0.154. The maximum absolute atomic E-state index is 14.1. The van der Waals surface area contributed by atoms with Crippen LogP contribution in [0.15, 0.2) is 96.1 Å². The zero-order valence-electron chi connectivity index (χ0n) is 24.3. The average Bonchev–Trinajstić information content (AvgIpc) is 3.82. The Kier molecular flexibility index (Phi) is 7.52. The van der Waals surface area contributed by atoms with E-state index in [1.165, 1.54) is 28.3 Å². The summed E-state index contributed by atoms with van der Waals surface area (Å²) in [6.45, 7) is 2.63. The van der Waals surface area contributed by atoms with Crippen molar-refractivity contribution in [2.24, 2.45) is 0 Å². The van der Waals surface area contributed by atoms with Crippen LogP contribution in [0.1, 0.15) is 18.4 Å². The van der Waals surface area contributed by atoms with Crippen LogP contribution in [0.3, 0.4) is 0 Å². The number of nitrogens with zero attached hydrogens (tertiary/aromatic N) is 6. The minimum Gasteiger partial charge on any atom is -0.457 e. The van der Waals surface area contributed by atoms with E-state index in [9.17, 15) is 9.59 Å². The molecule has 10 nitrogen and oxygen atoms in total. The van der Waals surface area contributed by atoms with Gasteiger partial charge in [0.25, 0.3) is 0 Å². The minimum atomic E-state index is -0.365. The number of aromatic nitrogens is 4. The lowest BCUT2D eigenvalue weighted by atomic mass is 10.1. The number of hydrogen-bond acceptors (Lipinski definition) is 7. The van der Waals surface area contributed by atoms with E-state index < -0.39 is 0 Å². The number of carbonyl (C=O) groups excluding carboxylic acids is 1. The largest absolute Gasteiger partial charge is 0.457 e. The smallest absolute Gasteiger partial charge is 0.339 e. The number of benzene rings is 3. The first kappa shape index (κ1) is 27.9. The molecule has 1 aliphatic carbocycles. The number of aryl methyl sites for hydroxylation is 1. The number of nitrogen functional groups attached to an aromatic ring is 1. The highest BCUT2D eigenvalue weighted by atomic mass is 16.5. The fraction of sp³-hybridized carbons (Fsp3) is 0.212. The zero-order chi connectivity index (χ0) is 30.1. The van der Waals surface area contributed by atoms with Crippen molar-refractivity contribution in [3.63, 3.8) is 0 Å². The average molecular weight is 576 g/mol. The summed E-state index contributed by atoms with van der Waals surface area (Å²) >= 11 is 0. The van der Waals surface area contributed by atoms with Gasteiger partial charge >= 0.3 is 5.69 Å². The molecule has 0 unspecified atom stereocenters. The van der Waals surface area contributed by atoms with Crippen molar-refractivity contribution >= 4 is 28.6 Å². The van der Waals surface area contributed by atoms with Crippen LogP contribution in [-0.2, 0) is 4.79 Å². The van der Waals surface area contributed by atoms with Crippen LogP contribution in [0.5, 0.6) is 11.5 Å². The summed E-state index contributed by atoms with van der Waals surface area (Å²) in [4.78, 5) is 39.6. The van der Waals surface area contributed by atoms with Gasteiger partial charge in [-0.15, -0.1) is 0 Å². The van der Waals surface area contributed by atoms with Crippen molar-refractivity contribution in [2.45, 2.75) is 25.8 Å². The van der Waals surface area contributed by atoms with E-state index in [4.69, 9.17) is 10.5 Å². The Morgan fingerprint density at radius 3 is 2.44 bits per heavy atom. The molecule has 3 aromatic carbocycles. The molecule has 0 atom stereocenters. The number of ether oxygens (including phenoxy) is 1. The first-order valence-corrected chi connectivity index (χ1v) is 14.1. The van der Waals surface area contributed by atoms with E-state index in [0.29, 0.717) is 45.8 Å². The highest BCUT2D eigenvalue weighted by Crippen LogP contribution is 2.29. The van der Waals surface area contributed by atoms with Crippen LogP contribution in [0, 0.1) is 6.92 Å². The quantitative estimate of drug-likeness (QED) is 0.250. The fourth-order valence-electron chi connectivity index (χ4n) is 5.06. The highest BCUT2D eigenvalue weighted by Gasteiger charge is 2.25. The summed E-state index contributed by atoms with van der Waals surface area (Å²) in [7, 11) is 3.79. The number of nitrogens with two attached hydrogens (primary N) is 1. The Morgan fingerprint density at radius 1 is 1.00 bits per heavy atom. The number of carbonyl (C=O) groups is 1. The number of likely N-dealkylation sites (N-methyl/N-ethyl adjacent to an activating group) is 2. The summed E-state index contributed by atoms with van der Waals surface area (Å²) in [5, 5.41) is 0. The van der Waals surface area contributed by atoms with Gasteiger partial charge in [-0.2, -0.15) is 0 Å². The second-order valence-electron chi connectivity index (χ2n) is 10.7. The van der Waals surface area contributed by atoms with Crippen LogP contribution in [0.2, 0.25) is 0 Å². The highest BCUT2D eigenvalue weighted by molar-refractivity contribution is 6.01. The van der Waals surface area contributed by atoms with Crippen molar-refractivity contribution in [1.82, 2.24) is 24.0 Å². The second-order valence-corrected chi connectivity index (χ2v) is 10.7. The van der Waals surface area contributed by atoms with Crippen molar-refractivity contribution in [3.05, 3.63) is 107 Å². The standard InChI is InChI=1S/C33H33N7O3/c1-22-11-12-25(38(3)29(41)10-7-19-37(2)23-13-14-23)20-28(22)40-32-30(31(34)35-21-36-32)39(33(40)42)24-15-17-27(18-16-24)43-26-8-5-4-6-9-26/h4-12,15-18,20-21,23H,13-14,19H2,1-3H3,(H2,34,35,36)/b10-7+. The normalized spacial score (nSPS) is 13.2. The number of imidazole rings is 1. The van der Waals surface area contributed by atoms with Gasteiger partial charge in [-0.3, -0.25) is 14.3 Å². The van der Waals surface area contributed by atoms with Crippen molar-refractivity contribution < 1.29 is 9.53 Å². The van der Waals surface area contributed by atoms with Crippen LogP contribution < -0.4 is 21.1 Å². The molecule has 218 valence electrons. The summed E-state index contributed by atoms with van der Waals surface area (Å²) < 4.78 is 8.93. The summed E-state index contributed by atoms with van der Waals surface area (Å²) in [6.07, 6.45) is 7.25. The van der Waals surface area contributed by atoms with Crippen LogP contribution in [0.4, 0.5) is 11.5 Å². The van der Waals surface area contributed by atoms with Gasteiger partial charge in [0.1, 0.15) is 23.3 Å². The van der Waals surface area contributed by atoms with E-state index in [1.54, 1.807) is 42.3 Å². The predicted octanol–water partition coefficient (Wildman–Crippen LogP) is 4.87. The Morgan fingerprint density at radius 2 is 1.72 bits per heavy atom. The van der Waals surface area contributed by atoms with Gasteiger partial charge in [0, 0.05) is 31.4 Å². The molecule has 1 amide bonds. The Bertz CT molecular complexity index is 1870. The molecule has 2 heterocycles. The third-order valence-electron chi connectivity index (χ3n) is 7.70. The van der Waals surface area contributed by atoms with E-state index in [0.717, 1.165) is 12.1 Å². The number of para-hydroxylation sites is 1. The number of fused-ring (bicyclic) bond motifs is 1. The second kappa shape index (κ2) is 11.6. The van der Waals surface area contributed by atoms with Gasteiger partial charge in [-0.1, -0.05) is 30.3 Å². The molecule has 2 aromatic heterocycles. The molecule has 0 radical (unpaired) electrons. The molecule has 1 fully saturated rings. The number of amides is 1. The summed E-state index contributed by atoms with van der Waals surface area (Å²) in [5.74, 6) is 1.35. The molecule has 0 saturated heterocycles. The Hall–Kier alpha value is -5.22. The molecular formula is C33H33N7O3. The predicted molar refractivity (Wildman–Crippen MR) is 168 cm³/mol. The van der Waals surface area contributed by atoms with E-state index in [-0.39, 0.29) is 17.4 Å². The van der Waals surface area contributed by atoms with Gasteiger partial charge in [-0.25, -0.2) is 19.3 Å². The lowest BCUT2D eigenvalue weighted by molar-refractivity contribution is -0.113. The fourth-order valence-corrected chi connectivity index (χ4v) is 5.06. The number of rotatable bonds is 9. The van der Waals surface area contributed by atoms with Crippen molar-refractivity contribution in [3.8, 4) is 22.9 Å². The molecule has 1 saturated carbocycles. The van der Waals surface area contributed by atoms with Gasteiger partial charge in [0.05, 0.1) is 11.4 Å². The van der Waals surface area contributed by atoms with Crippen molar-refractivity contribution in [2.75, 3.05) is 31.3 Å². The van der Waals surface area contributed by atoms with Crippen LogP contribution in [0.25, 0.3) is 22.5 Å². The molecule has 2 N–H and O–H groups in total. The molecule has 10 heteroatoms. The monoisotopic (exact) mass is 575 g/mol. The van der Waals surface area contributed by atoms with Crippen molar-refractivity contribution in [1.29, 1.82) is 0 Å². The molecule has 0 spiro atoms. The topological polar surface area (TPSA) is 112 Å². The van der Waals surface area contributed by atoms with Gasteiger partial charge in [-0.05, 0) is 80.9 Å². The van der Waals surface area contributed by atoms with Gasteiger partial charge < -0.3 is 15.4 Å². The summed E-state index contributed by atoms with van der Waals surface area (Å²) in [5.41, 5.74) is 9.35. The van der Waals surface area contributed by atoms with E-state index in [1.807, 2.05) is 61.5 Å². The summed E-state index contributed by atoms with van der Waals surface area (Å²) in [6, 6.07) is 22.8. The molecule has 0 aliphatic heterocycles. The maximum atomic E-state index is 14.1. The number of hydrogen-bond donors (Lipinski definition) is 1. The third-order valence-corrected chi connectivity index (χ3v) is 7.70. The van der Waals surface area contributed by atoms with Gasteiger partial charge in [0.15, 0.2) is 11.5 Å². The lowest BCUT2D eigenvalue weighted by Gasteiger charge is -2.18. The van der Waals surface area contributed by atoms with Crippen LogP contribution in [-0.4, -0.2) is 56.6 Å². The molecule has 6 rings (SSSR count). The molecule has 0 bridgehead atoms.